The summed E-state index contributed by atoms with van der Waals surface area (Å²) in [5, 5.41) is 2.25. The molecule has 88 valence electrons. The first-order chi connectivity index (χ1) is 8.36. The molecule has 0 aliphatic heterocycles. The molecule has 0 N–H and O–H groups in total. The van der Waals surface area contributed by atoms with Gasteiger partial charge in [0, 0.05) is 10.8 Å². The van der Waals surface area contributed by atoms with Gasteiger partial charge in [-0.3, -0.25) is 0 Å². The van der Waals surface area contributed by atoms with Gasteiger partial charge in [-0.2, -0.15) is 0 Å². The third-order valence-electron chi connectivity index (χ3n) is 3.58. The third-order valence-corrected chi connectivity index (χ3v) is 5.21. The highest BCUT2D eigenvalue weighted by molar-refractivity contribution is 7.10. The molecule has 2 atom stereocenters. The van der Waals surface area contributed by atoms with Gasteiger partial charge in [-0.1, -0.05) is 30.3 Å². The monoisotopic (exact) mass is 262 g/mol. The second-order valence-corrected chi connectivity index (χ2v) is 6.06. The maximum atomic E-state index is 6.66. The Kier molecular flexibility index (Phi) is 3.21. The van der Waals surface area contributed by atoms with Crippen molar-refractivity contribution in [3.8, 4) is 0 Å². The highest BCUT2D eigenvalue weighted by Crippen LogP contribution is 2.44. The number of hydrogen-bond acceptors (Lipinski definition) is 1. The molecule has 1 aromatic heterocycles. The molecule has 2 aromatic rings. The molecule has 1 aliphatic carbocycles. The quantitative estimate of drug-likeness (QED) is 0.657. The highest BCUT2D eigenvalue weighted by atomic mass is 35.5. The van der Waals surface area contributed by atoms with E-state index in [1.54, 1.807) is 11.3 Å². The molecule has 17 heavy (non-hydrogen) atoms. The molecule has 0 amide bonds. The second-order valence-electron chi connectivity index (χ2n) is 4.61. The Morgan fingerprint density at radius 1 is 1.18 bits per heavy atom. The Hall–Kier alpha value is -0.790. The van der Waals surface area contributed by atoms with Crippen molar-refractivity contribution < 1.29 is 0 Å². The maximum absolute atomic E-state index is 6.66. The van der Waals surface area contributed by atoms with Gasteiger partial charge in [-0.25, -0.2) is 0 Å². The van der Waals surface area contributed by atoms with Crippen LogP contribution in [-0.2, 0) is 6.42 Å². The fraction of sp³-hybridized carbons (Fsp3) is 0.333. The number of fused-ring (bicyclic) bond motifs is 1. The van der Waals surface area contributed by atoms with E-state index >= 15 is 0 Å². The van der Waals surface area contributed by atoms with E-state index in [2.05, 4.69) is 41.8 Å². The lowest BCUT2D eigenvalue weighted by molar-refractivity contribution is 0.542. The minimum absolute atomic E-state index is 0.136. The van der Waals surface area contributed by atoms with Crippen LogP contribution in [0.3, 0.4) is 0 Å². The van der Waals surface area contributed by atoms with Crippen molar-refractivity contribution in [1.82, 2.24) is 0 Å². The van der Waals surface area contributed by atoms with Gasteiger partial charge >= 0.3 is 0 Å². The fourth-order valence-corrected chi connectivity index (χ4v) is 4.00. The number of thiophene rings is 1. The van der Waals surface area contributed by atoms with Crippen LogP contribution in [0.15, 0.2) is 41.8 Å². The molecule has 1 aromatic carbocycles. The van der Waals surface area contributed by atoms with E-state index in [0.717, 1.165) is 0 Å². The van der Waals surface area contributed by atoms with E-state index in [-0.39, 0.29) is 5.38 Å². The van der Waals surface area contributed by atoms with Crippen molar-refractivity contribution in [2.45, 2.75) is 30.6 Å². The van der Waals surface area contributed by atoms with Crippen LogP contribution < -0.4 is 0 Å². The summed E-state index contributed by atoms with van der Waals surface area (Å²) >= 11 is 8.43. The SMILES string of the molecule is ClC(c1cccs1)C1CCCc2ccccc21. The van der Waals surface area contributed by atoms with Crippen molar-refractivity contribution in [3.05, 3.63) is 57.8 Å². The lowest BCUT2D eigenvalue weighted by atomic mass is 9.80. The van der Waals surface area contributed by atoms with Crippen LogP contribution in [0.5, 0.6) is 0 Å². The zero-order valence-electron chi connectivity index (χ0n) is 9.60. The smallest absolute Gasteiger partial charge is 0.0747 e. The molecule has 1 heterocycles. The summed E-state index contributed by atoms with van der Waals surface area (Å²) < 4.78 is 0. The molecule has 0 spiro atoms. The van der Waals surface area contributed by atoms with Gasteiger partial charge in [-0.05, 0) is 41.8 Å². The molecule has 2 heteroatoms. The molecular weight excluding hydrogens is 248 g/mol. The van der Waals surface area contributed by atoms with E-state index < -0.39 is 0 Å². The zero-order valence-corrected chi connectivity index (χ0v) is 11.2. The summed E-state index contributed by atoms with van der Waals surface area (Å²) in [4.78, 5) is 1.30. The van der Waals surface area contributed by atoms with Crippen molar-refractivity contribution in [1.29, 1.82) is 0 Å². The van der Waals surface area contributed by atoms with Crippen LogP contribution in [-0.4, -0.2) is 0 Å². The molecule has 2 unspecified atom stereocenters. The van der Waals surface area contributed by atoms with Gasteiger partial charge in [0.15, 0.2) is 0 Å². The Bertz CT molecular complexity index is 489. The maximum Gasteiger partial charge on any atom is 0.0747 e. The molecular formula is C15H15ClS. The molecule has 3 rings (SSSR count). The van der Waals surface area contributed by atoms with Crippen LogP contribution >= 0.6 is 22.9 Å². The van der Waals surface area contributed by atoms with Crippen molar-refractivity contribution in [2.75, 3.05) is 0 Å². The van der Waals surface area contributed by atoms with Crippen molar-refractivity contribution in [3.63, 3.8) is 0 Å². The summed E-state index contributed by atoms with van der Waals surface area (Å²) in [6, 6.07) is 13.0. The van der Waals surface area contributed by atoms with Crippen molar-refractivity contribution >= 4 is 22.9 Å². The molecule has 1 aliphatic rings. The standard InChI is InChI=1S/C15H15ClS/c16-15(14-9-4-10-17-14)13-8-3-6-11-5-1-2-7-12(11)13/h1-2,4-5,7,9-10,13,15H,3,6,8H2. The summed E-state index contributed by atoms with van der Waals surface area (Å²) in [6.07, 6.45) is 3.68. The number of aryl methyl sites for hydroxylation is 1. The predicted octanol–water partition coefficient (Wildman–Crippen LogP) is 5.15. The third kappa shape index (κ3) is 2.14. The topological polar surface area (TPSA) is 0 Å². The van der Waals surface area contributed by atoms with Gasteiger partial charge in [0.25, 0.3) is 0 Å². The summed E-state index contributed by atoms with van der Waals surface area (Å²) in [5.41, 5.74) is 2.96. The molecule has 0 bridgehead atoms. The lowest BCUT2D eigenvalue weighted by Crippen LogP contribution is -2.13. The zero-order chi connectivity index (χ0) is 11.7. The minimum atomic E-state index is 0.136. The van der Waals surface area contributed by atoms with Gasteiger partial charge in [0.1, 0.15) is 0 Å². The summed E-state index contributed by atoms with van der Waals surface area (Å²) in [7, 11) is 0. The number of hydrogen-bond donors (Lipinski definition) is 0. The largest absolute Gasteiger partial charge is 0.147 e. The highest BCUT2D eigenvalue weighted by Gasteiger charge is 2.27. The molecule has 0 fully saturated rings. The van der Waals surface area contributed by atoms with Gasteiger partial charge < -0.3 is 0 Å². The van der Waals surface area contributed by atoms with Gasteiger partial charge in [0.05, 0.1) is 5.38 Å². The second kappa shape index (κ2) is 4.83. The van der Waals surface area contributed by atoms with Crippen LogP contribution in [0, 0.1) is 0 Å². The fourth-order valence-electron chi connectivity index (χ4n) is 2.74. The Morgan fingerprint density at radius 2 is 2.06 bits per heavy atom. The molecule has 0 radical (unpaired) electrons. The van der Waals surface area contributed by atoms with Crippen LogP contribution in [0.25, 0.3) is 0 Å². The molecule has 0 saturated heterocycles. The first-order valence-electron chi connectivity index (χ1n) is 6.11. The number of benzene rings is 1. The average Bonchev–Trinajstić information content (AvgIpc) is 2.91. The molecule has 0 saturated carbocycles. The normalized spacial score (nSPS) is 20.9. The van der Waals surface area contributed by atoms with E-state index in [1.165, 1.54) is 35.3 Å². The van der Waals surface area contributed by atoms with Crippen LogP contribution in [0.2, 0.25) is 0 Å². The van der Waals surface area contributed by atoms with Crippen LogP contribution in [0.1, 0.15) is 40.1 Å². The van der Waals surface area contributed by atoms with Gasteiger partial charge in [-0.15, -0.1) is 22.9 Å². The number of halogens is 1. The average molecular weight is 263 g/mol. The summed E-state index contributed by atoms with van der Waals surface area (Å²) in [5.74, 6) is 0.486. The minimum Gasteiger partial charge on any atom is -0.147 e. The number of rotatable bonds is 2. The lowest BCUT2D eigenvalue weighted by Gasteiger charge is -2.28. The Morgan fingerprint density at radius 3 is 2.88 bits per heavy atom. The van der Waals surface area contributed by atoms with Crippen LogP contribution in [0.4, 0.5) is 0 Å². The Balaban J connectivity index is 1.95. The van der Waals surface area contributed by atoms with E-state index in [9.17, 15) is 0 Å². The van der Waals surface area contributed by atoms with Crippen molar-refractivity contribution in [2.24, 2.45) is 0 Å². The Labute approximate surface area is 111 Å². The molecule has 0 nitrogen and oxygen atoms in total. The predicted molar refractivity (Wildman–Crippen MR) is 75.0 cm³/mol. The summed E-state index contributed by atoms with van der Waals surface area (Å²) in [6.45, 7) is 0. The van der Waals surface area contributed by atoms with E-state index in [4.69, 9.17) is 11.6 Å². The number of alkyl halides is 1. The first-order valence-corrected chi connectivity index (χ1v) is 7.43. The van der Waals surface area contributed by atoms with E-state index in [0.29, 0.717) is 5.92 Å². The van der Waals surface area contributed by atoms with Gasteiger partial charge in [0.2, 0.25) is 0 Å². The first kappa shape index (κ1) is 11.3. The van der Waals surface area contributed by atoms with E-state index in [1.807, 2.05) is 0 Å².